The van der Waals surface area contributed by atoms with E-state index in [2.05, 4.69) is 10.3 Å². The van der Waals surface area contributed by atoms with Gasteiger partial charge in [-0.05, 0) is 47.7 Å². The van der Waals surface area contributed by atoms with Gasteiger partial charge in [0.2, 0.25) is 0 Å². The predicted octanol–water partition coefficient (Wildman–Crippen LogP) is 4.63. The summed E-state index contributed by atoms with van der Waals surface area (Å²) >= 11 is 1.13. The quantitative estimate of drug-likeness (QED) is 0.299. The van der Waals surface area contributed by atoms with Gasteiger partial charge in [-0.3, -0.25) is 4.79 Å². The molecule has 4 rings (SSSR count). The summed E-state index contributed by atoms with van der Waals surface area (Å²) in [7, 11) is 0. The van der Waals surface area contributed by atoms with E-state index in [1.54, 1.807) is 28.5 Å². The molecule has 0 saturated carbocycles. The zero-order valence-electron chi connectivity index (χ0n) is 19.3. The highest BCUT2D eigenvalue weighted by Gasteiger charge is 2.29. The number of thioether (sulfide) groups is 1. The Kier molecular flexibility index (Phi) is 7.97. The number of rotatable bonds is 6. The summed E-state index contributed by atoms with van der Waals surface area (Å²) in [6.45, 7) is 1.75. The number of nitrogen functional groups attached to an aromatic ring is 2. The number of carbonyl (C=O) groups is 2. The van der Waals surface area contributed by atoms with Gasteiger partial charge in [-0.1, -0.05) is 12.1 Å². The van der Waals surface area contributed by atoms with Gasteiger partial charge in [-0.15, -0.1) is 11.3 Å². The normalized spacial score (nSPS) is 13.9. The highest BCUT2D eigenvalue weighted by atomic mass is 32.2. The number of nitrogens with zero attached hydrogens (tertiary/aromatic N) is 3. The van der Waals surface area contributed by atoms with E-state index < -0.39 is 11.6 Å². The number of piperazine rings is 1. The maximum absolute atomic E-state index is 12.5. The number of benzene rings is 2. The van der Waals surface area contributed by atoms with Crippen LogP contribution in [0.3, 0.4) is 0 Å². The van der Waals surface area contributed by atoms with Crippen LogP contribution >= 0.6 is 23.1 Å². The van der Waals surface area contributed by atoms with Crippen LogP contribution in [0.2, 0.25) is 0 Å². The monoisotopic (exact) mass is 552 g/mol. The number of ether oxygens (including phenoxy) is 1. The van der Waals surface area contributed by atoms with Gasteiger partial charge >= 0.3 is 11.6 Å². The third-order valence-corrected chi connectivity index (χ3v) is 7.04. The number of thiazole rings is 1. The molecule has 1 fully saturated rings. The van der Waals surface area contributed by atoms with Crippen LogP contribution in [0.1, 0.15) is 16.1 Å². The number of carbonyl (C=O) groups excluding carboxylic acids is 2. The minimum Gasteiger partial charge on any atom is -0.445 e. The summed E-state index contributed by atoms with van der Waals surface area (Å²) in [5.41, 5.74) is 9.27. The summed E-state index contributed by atoms with van der Waals surface area (Å²) in [6, 6.07) is 10.5. The number of nitrogens with one attached hydrogen (secondary N) is 1. The topological polar surface area (TPSA) is 127 Å². The molecule has 1 aromatic heterocycles. The van der Waals surface area contributed by atoms with Crippen LogP contribution < -0.4 is 21.7 Å². The van der Waals surface area contributed by atoms with E-state index >= 15 is 0 Å². The van der Waals surface area contributed by atoms with Crippen LogP contribution in [-0.2, 0) is 11.3 Å². The van der Waals surface area contributed by atoms with Crippen LogP contribution in [0, 0.1) is 0 Å². The van der Waals surface area contributed by atoms with Crippen molar-refractivity contribution in [1.82, 2.24) is 9.88 Å². The van der Waals surface area contributed by atoms with E-state index in [0.29, 0.717) is 53.9 Å². The molecule has 1 saturated heterocycles. The Bertz CT molecular complexity index is 1260. The van der Waals surface area contributed by atoms with Crippen molar-refractivity contribution >= 4 is 57.3 Å². The van der Waals surface area contributed by atoms with Gasteiger partial charge < -0.3 is 31.3 Å². The molecule has 0 spiro atoms. The first-order valence-electron chi connectivity index (χ1n) is 11.0. The lowest BCUT2D eigenvalue weighted by atomic mass is 10.2. The smallest absolute Gasteiger partial charge is 0.445 e. The van der Waals surface area contributed by atoms with E-state index in [9.17, 15) is 22.8 Å². The van der Waals surface area contributed by atoms with E-state index in [-0.39, 0.29) is 34.9 Å². The lowest BCUT2D eigenvalue weighted by Crippen LogP contribution is -2.48. The Morgan fingerprint density at radius 2 is 1.76 bits per heavy atom. The largest absolute Gasteiger partial charge is 0.446 e. The van der Waals surface area contributed by atoms with Crippen LogP contribution in [0.5, 0.6) is 0 Å². The zero-order chi connectivity index (χ0) is 26.6. The van der Waals surface area contributed by atoms with Crippen LogP contribution in [0.15, 0.2) is 52.7 Å². The van der Waals surface area contributed by atoms with Gasteiger partial charge in [0.15, 0.2) is 5.13 Å². The fraction of sp³-hybridized carbons (Fsp3) is 0.261. The zero-order valence-corrected chi connectivity index (χ0v) is 21.0. The minimum atomic E-state index is -4.35. The maximum Gasteiger partial charge on any atom is 0.446 e. The number of hydrogen-bond donors (Lipinski definition) is 3. The fourth-order valence-electron chi connectivity index (χ4n) is 3.47. The molecule has 1 aliphatic heterocycles. The number of halogens is 3. The minimum absolute atomic E-state index is 0.0411. The molecule has 2 aromatic carbocycles. The first-order valence-corrected chi connectivity index (χ1v) is 12.7. The maximum atomic E-state index is 12.5. The first kappa shape index (κ1) is 26.4. The van der Waals surface area contributed by atoms with Gasteiger partial charge in [-0.2, -0.15) is 13.2 Å². The molecule has 9 nitrogen and oxygen atoms in total. The van der Waals surface area contributed by atoms with Gasteiger partial charge in [-0.25, -0.2) is 9.78 Å². The SMILES string of the molecule is Nc1ccc(NC(=O)c2csc(N3CCN(C(=O)OCc4ccc(SC(F)(F)F)cc4)CC3)n2)cc1N. The number of anilines is 4. The third-order valence-electron chi connectivity index (χ3n) is 5.40. The van der Waals surface area contributed by atoms with Crippen molar-refractivity contribution in [2.75, 3.05) is 47.9 Å². The Hall–Kier alpha value is -3.65. The Morgan fingerprint density at radius 3 is 2.41 bits per heavy atom. The van der Waals surface area contributed by atoms with Gasteiger partial charge in [0, 0.05) is 42.1 Å². The van der Waals surface area contributed by atoms with Crippen LogP contribution in [0.25, 0.3) is 0 Å². The van der Waals surface area contributed by atoms with Crippen LogP contribution in [-0.4, -0.2) is 53.6 Å². The third kappa shape index (κ3) is 7.20. The summed E-state index contributed by atoms with van der Waals surface area (Å²) in [6.07, 6.45) is -0.504. The van der Waals surface area contributed by atoms with Gasteiger partial charge in [0.1, 0.15) is 12.3 Å². The van der Waals surface area contributed by atoms with Gasteiger partial charge in [0.05, 0.1) is 11.4 Å². The lowest BCUT2D eigenvalue weighted by molar-refractivity contribution is -0.0328. The summed E-state index contributed by atoms with van der Waals surface area (Å²) in [5, 5.41) is 5.05. The molecule has 0 unspecified atom stereocenters. The molecule has 3 aromatic rings. The molecule has 1 aliphatic rings. The second kappa shape index (κ2) is 11.2. The molecule has 196 valence electrons. The average Bonchev–Trinajstić information content (AvgIpc) is 3.35. The first-order chi connectivity index (χ1) is 17.6. The van der Waals surface area contributed by atoms with E-state index in [1.807, 2.05) is 4.90 Å². The van der Waals surface area contributed by atoms with Crippen molar-refractivity contribution in [3.8, 4) is 0 Å². The molecule has 0 atom stereocenters. The van der Waals surface area contributed by atoms with Gasteiger partial charge in [0.25, 0.3) is 5.91 Å². The standard InChI is InChI=1S/C23H23F3N6O3S2/c24-23(25,26)37-16-4-1-14(2-5-16)12-35-22(34)32-9-7-31(8-10-32)21-30-19(13-36-21)20(33)29-15-3-6-17(27)18(28)11-15/h1-6,11,13H,7-10,12,27-28H2,(H,29,33). The van der Waals surface area contributed by atoms with Crippen molar-refractivity contribution in [1.29, 1.82) is 0 Å². The average molecular weight is 553 g/mol. The Labute approximate surface area is 218 Å². The van der Waals surface area contributed by atoms with Crippen molar-refractivity contribution in [3.63, 3.8) is 0 Å². The Balaban J connectivity index is 1.24. The highest BCUT2D eigenvalue weighted by molar-refractivity contribution is 8.00. The predicted molar refractivity (Wildman–Crippen MR) is 138 cm³/mol. The number of aromatic nitrogens is 1. The Morgan fingerprint density at radius 1 is 1.05 bits per heavy atom. The molecule has 2 amide bonds. The van der Waals surface area contributed by atoms with Crippen molar-refractivity contribution < 1.29 is 27.5 Å². The molecule has 14 heteroatoms. The molecular formula is C23H23F3N6O3S2. The fourth-order valence-corrected chi connectivity index (χ4v) is 4.86. The number of amides is 2. The summed E-state index contributed by atoms with van der Waals surface area (Å²) in [4.78, 5) is 33.0. The van der Waals surface area contributed by atoms with Crippen molar-refractivity contribution in [3.05, 3.63) is 59.1 Å². The number of nitrogens with two attached hydrogens (primary N) is 2. The van der Waals surface area contributed by atoms with E-state index in [1.165, 1.54) is 35.6 Å². The molecule has 37 heavy (non-hydrogen) atoms. The van der Waals surface area contributed by atoms with E-state index in [4.69, 9.17) is 16.2 Å². The summed E-state index contributed by atoms with van der Waals surface area (Å²) < 4.78 is 42.6. The second-order valence-corrected chi connectivity index (χ2v) is 10.0. The molecular weight excluding hydrogens is 529 g/mol. The molecule has 0 radical (unpaired) electrons. The molecule has 5 N–H and O–H groups in total. The van der Waals surface area contributed by atoms with Crippen molar-refractivity contribution in [2.45, 2.75) is 17.0 Å². The molecule has 0 bridgehead atoms. The number of alkyl halides is 3. The second-order valence-electron chi connectivity index (χ2n) is 8.03. The van der Waals surface area contributed by atoms with E-state index in [0.717, 1.165) is 0 Å². The highest BCUT2D eigenvalue weighted by Crippen LogP contribution is 2.36. The number of hydrogen-bond acceptors (Lipinski definition) is 9. The molecule has 0 aliphatic carbocycles. The summed E-state index contributed by atoms with van der Waals surface area (Å²) in [5.74, 6) is -0.376. The molecule has 2 heterocycles. The lowest BCUT2D eigenvalue weighted by Gasteiger charge is -2.33. The van der Waals surface area contributed by atoms with Crippen molar-refractivity contribution in [2.24, 2.45) is 0 Å². The van der Waals surface area contributed by atoms with Crippen LogP contribution in [0.4, 0.5) is 40.2 Å².